The van der Waals surface area contributed by atoms with Crippen LogP contribution in [0.5, 0.6) is 11.5 Å². The zero-order valence-electron chi connectivity index (χ0n) is 15.0. The molecule has 0 aromatic heterocycles. The number of halogens is 1. The number of benzene rings is 2. The Hall–Kier alpha value is -2.28. The quantitative estimate of drug-likeness (QED) is 0.704. The summed E-state index contributed by atoms with van der Waals surface area (Å²) in [5, 5.41) is 13.5. The van der Waals surface area contributed by atoms with Crippen molar-refractivity contribution in [2.24, 2.45) is 11.7 Å². The average molecular weight is 391 g/mol. The number of amides is 1. The molecule has 1 aliphatic rings. The Morgan fingerprint density at radius 1 is 1.22 bits per heavy atom. The summed E-state index contributed by atoms with van der Waals surface area (Å²) in [4.78, 5) is 12.4. The van der Waals surface area contributed by atoms with E-state index in [4.69, 9.17) is 26.8 Å². The van der Waals surface area contributed by atoms with Crippen LogP contribution in [0, 0.1) is 5.92 Å². The van der Waals surface area contributed by atoms with E-state index in [1.165, 1.54) is 0 Å². The lowest BCUT2D eigenvalue weighted by Gasteiger charge is -2.23. The zero-order chi connectivity index (χ0) is 19.4. The molecule has 2 aromatic carbocycles. The van der Waals surface area contributed by atoms with Crippen LogP contribution < -0.4 is 20.5 Å². The third kappa shape index (κ3) is 4.53. The van der Waals surface area contributed by atoms with E-state index in [0.29, 0.717) is 35.3 Å². The van der Waals surface area contributed by atoms with Crippen molar-refractivity contribution in [2.45, 2.75) is 19.1 Å². The van der Waals surface area contributed by atoms with E-state index in [1.807, 2.05) is 30.3 Å². The first-order chi connectivity index (χ1) is 13.0. The van der Waals surface area contributed by atoms with Gasteiger partial charge in [0, 0.05) is 12.6 Å². The predicted octanol–water partition coefficient (Wildman–Crippen LogP) is 2.60. The van der Waals surface area contributed by atoms with Crippen LogP contribution in [0.2, 0.25) is 5.02 Å². The molecule has 0 fully saturated rings. The van der Waals surface area contributed by atoms with Crippen molar-refractivity contribution in [1.29, 1.82) is 0 Å². The monoisotopic (exact) mass is 390 g/mol. The Bertz CT molecular complexity index is 800. The summed E-state index contributed by atoms with van der Waals surface area (Å²) < 4.78 is 11.0. The smallest absolute Gasteiger partial charge is 0.224 e. The maximum absolute atomic E-state index is 12.4. The highest BCUT2D eigenvalue weighted by Gasteiger charge is 2.24. The van der Waals surface area contributed by atoms with E-state index in [9.17, 15) is 9.90 Å². The fraction of sp³-hybridized carbons (Fsp3) is 0.350. The Morgan fingerprint density at radius 2 is 1.93 bits per heavy atom. The van der Waals surface area contributed by atoms with Crippen molar-refractivity contribution >= 4 is 17.5 Å². The largest absolute Gasteiger partial charge is 0.486 e. The summed E-state index contributed by atoms with van der Waals surface area (Å²) in [5.41, 5.74) is 7.62. The van der Waals surface area contributed by atoms with Gasteiger partial charge in [0.2, 0.25) is 5.91 Å². The Balaban J connectivity index is 1.61. The number of aliphatic hydroxyl groups excluding tert-OH is 1. The maximum atomic E-state index is 12.4. The fourth-order valence-corrected chi connectivity index (χ4v) is 3.20. The molecule has 1 amide bonds. The van der Waals surface area contributed by atoms with Crippen LogP contribution >= 0.6 is 11.6 Å². The van der Waals surface area contributed by atoms with Crippen molar-refractivity contribution in [3.8, 4) is 11.5 Å². The number of fused-ring (bicyclic) bond motifs is 1. The van der Waals surface area contributed by atoms with E-state index in [1.54, 1.807) is 19.1 Å². The first-order valence-corrected chi connectivity index (χ1v) is 9.20. The predicted molar refractivity (Wildman–Crippen MR) is 103 cm³/mol. The van der Waals surface area contributed by atoms with Gasteiger partial charge >= 0.3 is 0 Å². The van der Waals surface area contributed by atoms with Crippen molar-refractivity contribution in [3.05, 3.63) is 58.6 Å². The number of hydrogen-bond acceptors (Lipinski definition) is 5. The molecule has 0 saturated carbocycles. The SMILES string of the molecule is CC(C(=O)NCC(O)c1cc(Cl)c2c(c1)OCCO2)C(N)c1ccccc1. The van der Waals surface area contributed by atoms with Gasteiger partial charge in [-0.1, -0.05) is 48.9 Å². The lowest BCUT2D eigenvalue weighted by atomic mass is 9.94. The van der Waals surface area contributed by atoms with Crippen molar-refractivity contribution in [3.63, 3.8) is 0 Å². The molecule has 0 aliphatic carbocycles. The molecular formula is C20H23ClN2O4. The van der Waals surface area contributed by atoms with Crippen LogP contribution in [0.4, 0.5) is 0 Å². The van der Waals surface area contributed by atoms with Gasteiger partial charge in [0.05, 0.1) is 17.0 Å². The summed E-state index contributed by atoms with van der Waals surface area (Å²) >= 11 is 6.19. The summed E-state index contributed by atoms with van der Waals surface area (Å²) in [6, 6.07) is 12.3. The normalized spacial score (nSPS) is 16.3. The van der Waals surface area contributed by atoms with Gasteiger partial charge in [-0.15, -0.1) is 0 Å². The minimum absolute atomic E-state index is 0.0423. The Labute approximate surface area is 163 Å². The first kappa shape index (κ1) is 19.5. The highest BCUT2D eigenvalue weighted by molar-refractivity contribution is 6.32. The van der Waals surface area contributed by atoms with Crippen molar-refractivity contribution in [2.75, 3.05) is 19.8 Å². The second kappa shape index (κ2) is 8.61. The number of ether oxygens (including phenoxy) is 2. The van der Waals surface area contributed by atoms with Crippen molar-refractivity contribution < 1.29 is 19.4 Å². The van der Waals surface area contributed by atoms with Crippen LogP contribution in [-0.4, -0.2) is 30.8 Å². The minimum Gasteiger partial charge on any atom is -0.486 e. The van der Waals surface area contributed by atoms with Gasteiger partial charge in [-0.05, 0) is 23.3 Å². The second-order valence-electron chi connectivity index (χ2n) is 6.51. The van der Waals surface area contributed by atoms with E-state index >= 15 is 0 Å². The molecule has 3 rings (SSSR count). The number of nitrogens with two attached hydrogens (primary N) is 1. The summed E-state index contributed by atoms with van der Waals surface area (Å²) in [7, 11) is 0. The molecule has 1 heterocycles. The van der Waals surface area contributed by atoms with Gasteiger partial charge in [-0.25, -0.2) is 0 Å². The average Bonchev–Trinajstić information content (AvgIpc) is 2.71. The summed E-state index contributed by atoms with van der Waals surface area (Å²) in [6.45, 7) is 2.67. The fourth-order valence-electron chi connectivity index (χ4n) is 2.93. The number of hydrogen-bond donors (Lipinski definition) is 3. The number of aliphatic hydroxyl groups is 1. The van der Waals surface area contributed by atoms with E-state index in [0.717, 1.165) is 5.56 Å². The molecule has 2 aromatic rings. The molecule has 27 heavy (non-hydrogen) atoms. The van der Waals surface area contributed by atoms with E-state index < -0.39 is 18.1 Å². The molecule has 0 radical (unpaired) electrons. The number of nitrogens with one attached hydrogen (secondary N) is 1. The molecule has 7 heteroatoms. The van der Waals surface area contributed by atoms with Crippen LogP contribution in [0.3, 0.4) is 0 Å². The lowest BCUT2D eigenvalue weighted by Crippen LogP contribution is -2.37. The molecule has 6 nitrogen and oxygen atoms in total. The molecular weight excluding hydrogens is 368 g/mol. The van der Waals surface area contributed by atoms with E-state index in [-0.39, 0.29) is 12.5 Å². The van der Waals surface area contributed by atoms with E-state index in [2.05, 4.69) is 5.32 Å². The summed E-state index contributed by atoms with van der Waals surface area (Å²) in [6.07, 6.45) is -0.928. The number of carbonyl (C=O) groups excluding carboxylic acids is 1. The highest BCUT2D eigenvalue weighted by atomic mass is 35.5. The second-order valence-corrected chi connectivity index (χ2v) is 6.92. The standard InChI is InChI=1S/C20H23ClN2O4/c1-12(18(22)13-5-3-2-4-6-13)20(25)23-11-16(24)14-9-15(21)19-17(10-14)26-7-8-27-19/h2-6,9-10,12,16,18,24H,7-8,11,22H2,1H3,(H,23,25). The van der Waals surface area contributed by atoms with Gasteiger partial charge in [0.15, 0.2) is 11.5 Å². The highest BCUT2D eigenvalue weighted by Crippen LogP contribution is 2.39. The lowest BCUT2D eigenvalue weighted by molar-refractivity contribution is -0.125. The van der Waals surface area contributed by atoms with Gasteiger partial charge in [0.1, 0.15) is 13.2 Å². The van der Waals surface area contributed by atoms with Gasteiger partial charge in [-0.2, -0.15) is 0 Å². The molecule has 4 N–H and O–H groups in total. The summed E-state index contributed by atoms with van der Waals surface area (Å²) in [5.74, 6) is 0.302. The third-order valence-corrected chi connectivity index (χ3v) is 4.89. The molecule has 3 unspecified atom stereocenters. The van der Waals surface area contributed by atoms with Gasteiger partial charge < -0.3 is 25.6 Å². The topological polar surface area (TPSA) is 93.8 Å². The molecule has 3 atom stereocenters. The minimum atomic E-state index is -0.928. The van der Waals surface area contributed by atoms with Crippen LogP contribution in [-0.2, 0) is 4.79 Å². The first-order valence-electron chi connectivity index (χ1n) is 8.82. The van der Waals surface area contributed by atoms with Gasteiger partial charge in [-0.3, -0.25) is 4.79 Å². The molecule has 0 saturated heterocycles. The molecule has 0 spiro atoms. The zero-order valence-corrected chi connectivity index (χ0v) is 15.8. The Kier molecular flexibility index (Phi) is 6.21. The molecule has 1 aliphatic heterocycles. The number of carbonyl (C=O) groups is 1. The van der Waals surface area contributed by atoms with Crippen LogP contribution in [0.15, 0.2) is 42.5 Å². The van der Waals surface area contributed by atoms with Crippen LogP contribution in [0.1, 0.15) is 30.2 Å². The van der Waals surface area contributed by atoms with Crippen molar-refractivity contribution in [1.82, 2.24) is 5.32 Å². The molecule has 0 bridgehead atoms. The molecule has 144 valence electrons. The van der Waals surface area contributed by atoms with Gasteiger partial charge in [0.25, 0.3) is 0 Å². The maximum Gasteiger partial charge on any atom is 0.224 e. The Morgan fingerprint density at radius 3 is 2.67 bits per heavy atom. The third-order valence-electron chi connectivity index (χ3n) is 4.61. The number of rotatable bonds is 6. The van der Waals surface area contributed by atoms with Crippen LogP contribution in [0.25, 0.3) is 0 Å².